The Kier molecular flexibility index (Phi) is 8.02. The minimum Gasteiger partial charge on any atom is -0.343 e. The second kappa shape index (κ2) is 10.5. The van der Waals surface area contributed by atoms with Gasteiger partial charge in [-0.15, -0.1) is 0 Å². The number of carbonyl (C=O) groups excluding carboxylic acids is 2. The first-order valence-corrected chi connectivity index (χ1v) is 9.34. The van der Waals surface area contributed by atoms with Crippen molar-refractivity contribution in [2.45, 2.75) is 26.2 Å². The summed E-state index contributed by atoms with van der Waals surface area (Å²) in [6.07, 6.45) is 2.81. The predicted octanol–water partition coefficient (Wildman–Crippen LogP) is 3.89. The fourth-order valence-electron chi connectivity index (χ4n) is 2.31. The predicted molar refractivity (Wildman–Crippen MR) is 107 cm³/mol. The van der Waals surface area contributed by atoms with E-state index in [-0.39, 0.29) is 18.4 Å². The normalized spacial score (nSPS) is 11.1. The van der Waals surface area contributed by atoms with E-state index in [1.54, 1.807) is 18.2 Å². The molecule has 0 unspecified atom stereocenters. The molecule has 0 aliphatic carbocycles. The molecule has 0 radical (unpaired) electrons. The highest BCUT2D eigenvalue weighted by molar-refractivity contribution is 9.10. The number of nitrogens with zero attached hydrogens (tertiary/aromatic N) is 1. The Hall–Kier alpha value is -2.47. The molecule has 26 heavy (non-hydrogen) atoms. The summed E-state index contributed by atoms with van der Waals surface area (Å²) in [5, 5.41) is 6.85. The van der Waals surface area contributed by atoms with Crippen LogP contribution in [-0.2, 0) is 4.79 Å². The molecule has 0 fully saturated rings. The van der Waals surface area contributed by atoms with E-state index in [0.29, 0.717) is 10.0 Å². The van der Waals surface area contributed by atoms with E-state index in [4.69, 9.17) is 0 Å². The molecule has 0 aromatic heterocycles. The number of rotatable bonds is 8. The zero-order valence-electron chi connectivity index (χ0n) is 14.7. The third-order valence-corrected chi connectivity index (χ3v) is 4.41. The van der Waals surface area contributed by atoms with E-state index >= 15 is 0 Å². The molecule has 0 spiro atoms. The van der Waals surface area contributed by atoms with Gasteiger partial charge >= 0.3 is 0 Å². The fourth-order valence-corrected chi connectivity index (χ4v) is 2.77. The summed E-state index contributed by atoms with van der Waals surface area (Å²) in [6, 6.07) is 16.8. The van der Waals surface area contributed by atoms with Crippen LogP contribution in [0.3, 0.4) is 0 Å². The number of nitrogens with one attached hydrogen (secondary N) is 2. The van der Waals surface area contributed by atoms with Crippen molar-refractivity contribution in [1.29, 1.82) is 0 Å². The number of hydrazone groups is 1. The third kappa shape index (κ3) is 6.11. The highest BCUT2D eigenvalue weighted by Gasteiger charge is 2.11. The molecular formula is C20H22BrN3O2. The second-order valence-electron chi connectivity index (χ2n) is 5.73. The van der Waals surface area contributed by atoms with Crippen molar-refractivity contribution in [2.24, 2.45) is 5.10 Å². The van der Waals surface area contributed by atoms with Gasteiger partial charge in [0.05, 0.1) is 17.8 Å². The molecule has 2 amide bonds. The van der Waals surface area contributed by atoms with Crippen molar-refractivity contribution in [3.05, 3.63) is 70.2 Å². The molecule has 5 nitrogen and oxygen atoms in total. The Labute approximate surface area is 162 Å². The number of unbranched alkanes of at least 4 members (excludes halogenated alkanes) is 1. The maximum atomic E-state index is 12.1. The van der Waals surface area contributed by atoms with Crippen molar-refractivity contribution in [3.8, 4) is 0 Å². The Balaban J connectivity index is 1.93. The molecule has 0 heterocycles. The van der Waals surface area contributed by atoms with E-state index < -0.39 is 0 Å². The van der Waals surface area contributed by atoms with Gasteiger partial charge < -0.3 is 5.32 Å². The Morgan fingerprint density at radius 2 is 1.73 bits per heavy atom. The Morgan fingerprint density at radius 1 is 1.04 bits per heavy atom. The number of amides is 2. The average Bonchev–Trinajstić information content (AvgIpc) is 2.67. The van der Waals surface area contributed by atoms with Crippen molar-refractivity contribution in [3.63, 3.8) is 0 Å². The first kappa shape index (κ1) is 19.8. The molecule has 0 aliphatic heterocycles. The van der Waals surface area contributed by atoms with Gasteiger partial charge in [0.2, 0.25) is 0 Å². The van der Waals surface area contributed by atoms with Crippen LogP contribution in [0.15, 0.2) is 64.2 Å². The topological polar surface area (TPSA) is 70.6 Å². The second-order valence-corrected chi connectivity index (χ2v) is 6.58. The van der Waals surface area contributed by atoms with Gasteiger partial charge in [-0.3, -0.25) is 9.59 Å². The van der Waals surface area contributed by atoms with Crippen LogP contribution in [0.2, 0.25) is 0 Å². The smallest absolute Gasteiger partial charge is 0.259 e. The molecule has 2 aromatic rings. The lowest BCUT2D eigenvalue weighted by atomic mass is 10.1. The molecule has 2 rings (SSSR count). The maximum absolute atomic E-state index is 12.1. The minimum atomic E-state index is -0.365. The van der Waals surface area contributed by atoms with E-state index in [1.807, 2.05) is 36.4 Å². The van der Waals surface area contributed by atoms with Gasteiger partial charge in [0, 0.05) is 4.47 Å². The zero-order chi connectivity index (χ0) is 18.8. The first-order valence-electron chi connectivity index (χ1n) is 8.55. The van der Waals surface area contributed by atoms with Crippen LogP contribution in [0.25, 0.3) is 0 Å². The minimum absolute atomic E-state index is 0.139. The maximum Gasteiger partial charge on any atom is 0.259 e. The third-order valence-electron chi connectivity index (χ3n) is 3.72. The van der Waals surface area contributed by atoms with Crippen molar-refractivity contribution < 1.29 is 9.59 Å². The number of halogens is 1. The monoisotopic (exact) mass is 415 g/mol. The number of hydrogen-bond donors (Lipinski definition) is 2. The van der Waals surface area contributed by atoms with Crippen LogP contribution in [-0.4, -0.2) is 24.1 Å². The lowest BCUT2D eigenvalue weighted by molar-refractivity contribution is -0.120. The van der Waals surface area contributed by atoms with Gasteiger partial charge in [0.15, 0.2) is 0 Å². The molecule has 2 aromatic carbocycles. The fraction of sp³-hybridized carbons (Fsp3) is 0.250. The van der Waals surface area contributed by atoms with Crippen LogP contribution < -0.4 is 10.7 Å². The molecule has 0 bridgehead atoms. The largest absolute Gasteiger partial charge is 0.343 e. The van der Waals surface area contributed by atoms with Gasteiger partial charge in [-0.25, -0.2) is 5.43 Å². The molecule has 0 aliphatic rings. The van der Waals surface area contributed by atoms with Crippen LogP contribution >= 0.6 is 15.9 Å². The lowest BCUT2D eigenvalue weighted by Gasteiger charge is -2.08. The summed E-state index contributed by atoms with van der Waals surface area (Å²) in [5.41, 5.74) is 4.83. The van der Waals surface area contributed by atoms with Gasteiger partial charge in [0.1, 0.15) is 0 Å². The molecule has 0 atom stereocenters. The summed E-state index contributed by atoms with van der Waals surface area (Å²) < 4.78 is 0.682. The van der Waals surface area contributed by atoms with Crippen LogP contribution in [0, 0.1) is 0 Å². The van der Waals surface area contributed by atoms with E-state index in [9.17, 15) is 9.59 Å². The highest BCUT2D eigenvalue weighted by Crippen LogP contribution is 2.15. The Bertz CT molecular complexity index is 776. The van der Waals surface area contributed by atoms with Crippen LogP contribution in [0.4, 0.5) is 0 Å². The first-order chi connectivity index (χ1) is 12.6. The Morgan fingerprint density at radius 3 is 2.42 bits per heavy atom. The van der Waals surface area contributed by atoms with Crippen molar-refractivity contribution in [1.82, 2.24) is 10.7 Å². The summed E-state index contributed by atoms with van der Waals surface area (Å²) >= 11 is 3.32. The van der Waals surface area contributed by atoms with E-state index in [1.165, 1.54) is 0 Å². The highest BCUT2D eigenvalue weighted by atomic mass is 79.9. The summed E-state index contributed by atoms with van der Waals surface area (Å²) in [7, 11) is 0. The van der Waals surface area contributed by atoms with Crippen molar-refractivity contribution in [2.75, 3.05) is 6.54 Å². The molecule has 6 heteroatoms. The molecule has 2 N–H and O–H groups in total. The SMILES string of the molecule is CCCCC(=NNC(=O)CNC(=O)c1ccccc1Br)c1ccccc1. The summed E-state index contributed by atoms with van der Waals surface area (Å²) in [6.45, 7) is 1.97. The van der Waals surface area contributed by atoms with Gasteiger partial charge in [0.25, 0.3) is 11.8 Å². The van der Waals surface area contributed by atoms with E-state index in [0.717, 1.165) is 30.5 Å². The van der Waals surface area contributed by atoms with Gasteiger partial charge in [-0.2, -0.15) is 5.10 Å². The van der Waals surface area contributed by atoms with Crippen molar-refractivity contribution >= 4 is 33.5 Å². The number of hydrogen-bond acceptors (Lipinski definition) is 3. The average molecular weight is 416 g/mol. The van der Waals surface area contributed by atoms with E-state index in [2.05, 4.69) is 38.7 Å². The van der Waals surface area contributed by atoms with Gasteiger partial charge in [-0.1, -0.05) is 55.8 Å². The summed E-state index contributed by atoms with van der Waals surface area (Å²) in [5.74, 6) is -0.679. The van der Waals surface area contributed by atoms with Crippen LogP contribution in [0.1, 0.15) is 42.1 Å². The molecule has 0 saturated heterocycles. The zero-order valence-corrected chi connectivity index (χ0v) is 16.3. The quantitative estimate of drug-likeness (QED) is 0.506. The van der Waals surface area contributed by atoms with Gasteiger partial charge in [-0.05, 0) is 46.5 Å². The van der Waals surface area contributed by atoms with Crippen LogP contribution in [0.5, 0.6) is 0 Å². The lowest BCUT2D eigenvalue weighted by Crippen LogP contribution is -2.35. The standard InChI is InChI=1S/C20H22BrN3O2/c1-2-3-13-18(15-9-5-4-6-10-15)23-24-19(25)14-22-20(26)16-11-7-8-12-17(16)21/h4-12H,2-3,13-14H2,1H3,(H,22,26)(H,24,25). The number of carbonyl (C=O) groups is 2. The summed E-state index contributed by atoms with van der Waals surface area (Å²) in [4.78, 5) is 24.1. The molecule has 136 valence electrons. The molecular weight excluding hydrogens is 394 g/mol. The number of benzene rings is 2. The molecule has 0 saturated carbocycles.